The topological polar surface area (TPSA) is 90.7 Å². The van der Waals surface area contributed by atoms with E-state index in [0.717, 1.165) is 11.1 Å². The molecule has 0 aliphatic rings. The molecular weight excluding hydrogens is 348 g/mol. The lowest BCUT2D eigenvalue weighted by Gasteiger charge is -2.23. The molecule has 1 amide bonds. The Bertz CT molecular complexity index is 856. The molecule has 0 aliphatic heterocycles. The second-order valence-corrected chi connectivity index (χ2v) is 7.23. The van der Waals surface area contributed by atoms with Crippen LogP contribution in [0.5, 0.6) is 11.5 Å². The molecule has 0 aliphatic carbocycles. The molecule has 0 aromatic heterocycles. The van der Waals surface area contributed by atoms with E-state index in [9.17, 15) is 14.9 Å². The summed E-state index contributed by atoms with van der Waals surface area (Å²) in [6, 6.07) is 9.91. The summed E-state index contributed by atoms with van der Waals surface area (Å²) < 4.78 is 10.9. The lowest BCUT2D eigenvalue weighted by atomic mass is 9.86. The Hall–Kier alpha value is -3.09. The van der Waals surface area contributed by atoms with E-state index in [1.807, 2.05) is 25.1 Å². The zero-order valence-electron chi connectivity index (χ0n) is 16.2. The molecule has 0 spiro atoms. The molecule has 0 bridgehead atoms. The first-order chi connectivity index (χ1) is 12.6. The quantitative estimate of drug-likeness (QED) is 0.605. The maximum atomic E-state index is 12.3. The number of amides is 1. The highest BCUT2D eigenvalue weighted by molar-refractivity contribution is 5.93. The van der Waals surface area contributed by atoms with Crippen molar-refractivity contribution in [1.29, 1.82) is 0 Å². The number of nitro groups is 1. The van der Waals surface area contributed by atoms with Gasteiger partial charge in [0.2, 0.25) is 0 Å². The monoisotopic (exact) mass is 372 g/mol. The zero-order valence-corrected chi connectivity index (χ0v) is 16.2. The third-order valence-electron chi connectivity index (χ3n) is 3.97. The van der Waals surface area contributed by atoms with E-state index >= 15 is 0 Å². The molecule has 2 aromatic carbocycles. The van der Waals surface area contributed by atoms with Gasteiger partial charge < -0.3 is 14.8 Å². The summed E-state index contributed by atoms with van der Waals surface area (Å²) in [5, 5.41) is 13.5. The number of carbonyl (C=O) groups excluding carboxylic acids is 1. The third-order valence-corrected chi connectivity index (χ3v) is 3.97. The normalized spacial score (nSPS) is 11.0. The van der Waals surface area contributed by atoms with Crippen LogP contribution >= 0.6 is 0 Å². The number of ether oxygens (including phenoxy) is 2. The predicted molar refractivity (Wildman–Crippen MR) is 104 cm³/mol. The lowest BCUT2D eigenvalue weighted by Crippen LogP contribution is -2.22. The summed E-state index contributed by atoms with van der Waals surface area (Å²) in [4.78, 5) is 22.6. The van der Waals surface area contributed by atoms with E-state index in [-0.39, 0.29) is 29.4 Å². The molecule has 0 unspecified atom stereocenters. The smallest absolute Gasteiger partial charge is 0.273 e. The number of aryl methyl sites for hydroxylation is 1. The van der Waals surface area contributed by atoms with Crippen LogP contribution in [-0.2, 0) is 10.2 Å². The third kappa shape index (κ3) is 5.20. The molecule has 1 N–H and O–H groups in total. The minimum atomic E-state index is -0.525. The highest BCUT2D eigenvalue weighted by atomic mass is 16.6. The predicted octanol–water partition coefficient (Wildman–Crippen LogP) is 4.23. The van der Waals surface area contributed by atoms with Crippen LogP contribution in [0.2, 0.25) is 0 Å². The number of nitro benzene ring substituents is 1. The average molecular weight is 372 g/mol. The number of hydrogen-bond donors (Lipinski definition) is 1. The van der Waals surface area contributed by atoms with E-state index in [0.29, 0.717) is 11.4 Å². The van der Waals surface area contributed by atoms with Gasteiger partial charge in [0.15, 0.2) is 6.61 Å². The minimum absolute atomic E-state index is 0.115. The molecule has 144 valence electrons. The second kappa shape index (κ2) is 8.07. The van der Waals surface area contributed by atoms with Crippen molar-refractivity contribution < 1.29 is 19.2 Å². The fourth-order valence-corrected chi connectivity index (χ4v) is 2.59. The Morgan fingerprint density at radius 2 is 1.85 bits per heavy atom. The maximum absolute atomic E-state index is 12.3. The SMILES string of the molecule is COc1cc([N+](=O)[O-])ccc1NC(=O)COc1cc(C)ccc1C(C)(C)C. The van der Waals surface area contributed by atoms with Crippen molar-refractivity contribution in [2.75, 3.05) is 19.0 Å². The van der Waals surface area contributed by atoms with Crippen molar-refractivity contribution in [1.82, 2.24) is 0 Å². The van der Waals surface area contributed by atoms with Crippen LogP contribution in [0.25, 0.3) is 0 Å². The Morgan fingerprint density at radius 3 is 2.44 bits per heavy atom. The van der Waals surface area contributed by atoms with Gasteiger partial charge in [-0.05, 0) is 35.6 Å². The number of non-ortho nitro benzene ring substituents is 1. The van der Waals surface area contributed by atoms with Crippen molar-refractivity contribution in [3.8, 4) is 11.5 Å². The first-order valence-electron chi connectivity index (χ1n) is 8.48. The number of methoxy groups -OCH3 is 1. The van der Waals surface area contributed by atoms with Crippen LogP contribution in [0.3, 0.4) is 0 Å². The van der Waals surface area contributed by atoms with Gasteiger partial charge in [0, 0.05) is 6.07 Å². The summed E-state index contributed by atoms with van der Waals surface area (Å²) in [5.74, 6) is 0.486. The van der Waals surface area contributed by atoms with Gasteiger partial charge in [0.25, 0.3) is 11.6 Å². The van der Waals surface area contributed by atoms with E-state index < -0.39 is 4.92 Å². The van der Waals surface area contributed by atoms with Gasteiger partial charge in [-0.2, -0.15) is 0 Å². The molecule has 0 saturated carbocycles. The molecule has 0 atom stereocenters. The summed E-state index contributed by atoms with van der Waals surface area (Å²) in [7, 11) is 1.38. The summed E-state index contributed by atoms with van der Waals surface area (Å²) in [5.41, 5.74) is 2.15. The summed E-state index contributed by atoms with van der Waals surface area (Å²) in [6.07, 6.45) is 0. The van der Waals surface area contributed by atoms with Crippen LogP contribution in [0, 0.1) is 17.0 Å². The molecule has 0 heterocycles. The average Bonchev–Trinajstić information content (AvgIpc) is 2.59. The van der Waals surface area contributed by atoms with E-state index in [1.54, 1.807) is 0 Å². The van der Waals surface area contributed by atoms with E-state index in [2.05, 4.69) is 26.1 Å². The Morgan fingerprint density at radius 1 is 1.15 bits per heavy atom. The number of carbonyl (C=O) groups is 1. The molecular formula is C20H24N2O5. The standard InChI is InChI=1S/C20H24N2O5/c1-13-6-8-15(20(2,3)4)17(10-13)27-12-19(23)21-16-9-7-14(22(24)25)11-18(16)26-5/h6-11H,12H2,1-5H3,(H,21,23). The Balaban J connectivity index is 2.12. The molecule has 0 radical (unpaired) electrons. The second-order valence-electron chi connectivity index (χ2n) is 7.23. The number of nitrogens with one attached hydrogen (secondary N) is 1. The highest BCUT2D eigenvalue weighted by Gasteiger charge is 2.20. The molecule has 0 fully saturated rings. The molecule has 2 rings (SSSR count). The first kappa shape index (κ1) is 20.2. The van der Waals surface area contributed by atoms with Gasteiger partial charge in [-0.15, -0.1) is 0 Å². The number of rotatable bonds is 6. The summed E-state index contributed by atoms with van der Waals surface area (Å²) in [6.45, 7) is 8.00. The Kier molecular flexibility index (Phi) is 6.05. The fraction of sp³-hybridized carbons (Fsp3) is 0.350. The van der Waals surface area contributed by atoms with E-state index in [4.69, 9.17) is 9.47 Å². The molecule has 2 aromatic rings. The van der Waals surface area contributed by atoms with Crippen molar-refractivity contribution >= 4 is 17.3 Å². The van der Waals surface area contributed by atoms with Gasteiger partial charge in [0.05, 0.1) is 23.8 Å². The number of hydrogen-bond acceptors (Lipinski definition) is 5. The van der Waals surface area contributed by atoms with Crippen LogP contribution in [0.4, 0.5) is 11.4 Å². The lowest BCUT2D eigenvalue weighted by molar-refractivity contribution is -0.384. The van der Waals surface area contributed by atoms with Crippen LogP contribution in [0.1, 0.15) is 31.9 Å². The highest BCUT2D eigenvalue weighted by Crippen LogP contribution is 2.32. The number of nitrogens with zero attached hydrogens (tertiary/aromatic N) is 1. The zero-order chi connectivity index (χ0) is 20.2. The number of benzene rings is 2. The maximum Gasteiger partial charge on any atom is 0.273 e. The summed E-state index contributed by atoms with van der Waals surface area (Å²) >= 11 is 0. The fourth-order valence-electron chi connectivity index (χ4n) is 2.59. The van der Waals surface area contributed by atoms with Crippen molar-refractivity contribution in [3.05, 3.63) is 57.6 Å². The molecule has 7 nitrogen and oxygen atoms in total. The molecule has 0 saturated heterocycles. The number of anilines is 1. The van der Waals surface area contributed by atoms with Gasteiger partial charge in [-0.25, -0.2) is 0 Å². The molecule has 7 heteroatoms. The van der Waals surface area contributed by atoms with Gasteiger partial charge >= 0.3 is 0 Å². The van der Waals surface area contributed by atoms with Crippen molar-refractivity contribution in [2.45, 2.75) is 33.1 Å². The molecule has 27 heavy (non-hydrogen) atoms. The van der Waals surface area contributed by atoms with Crippen LogP contribution < -0.4 is 14.8 Å². The van der Waals surface area contributed by atoms with Gasteiger partial charge in [0.1, 0.15) is 11.5 Å². The van der Waals surface area contributed by atoms with Crippen molar-refractivity contribution in [3.63, 3.8) is 0 Å². The van der Waals surface area contributed by atoms with Gasteiger partial charge in [-0.1, -0.05) is 32.9 Å². The largest absolute Gasteiger partial charge is 0.494 e. The van der Waals surface area contributed by atoms with Crippen LogP contribution in [-0.4, -0.2) is 24.5 Å². The first-order valence-corrected chi connectivity index (χ1v) is 8.48. The van der Waals surface area contributed by atoms with Crippen molar-refractivity contribution in [2.24, 2.45) is 0 Å². The van der Waals surface area contributed by atoms with E-state index in [1.165, 1.54) is 25.3 Å². The van der Waals surface area contributed by atoms with Crippen LogP contribution in [0.15, 0.2) is 36.4 Å². The van der Waals surface area contributed by atoms with Gasteiger partial charge in [-0.3, -0.25) is 14.9 Å². The minimum Gasteiger partial charge on any atom is -0.494 e. The Labute approximate surface area is 158 Å².